The Labute approximate surface area is 121 Å². The van der Waals surface area contributed by atoms with E-state index in [9.17, 15) is 4.79 Å². The monoisotopic (exact) mass is 279 g/mol. The third-order valence-corrected chi connectivity index (χ3v) is 4.06. The molecule has 3 aromatic rings. The van der Waals surface area contributed by atoms with E-state index in [4.69, 9.17) is 0 Å². The van der Waals surface area contributed by atoms with Crippen LogP contribution in [-0.2, 0) is 0 Å². The molecular weight excluding hydrogens is 266 g/mol. The van der Waals surface area contributed by atoms with Gasteiger partial charge in [-0.05, 0) is 31.2 Å². The molecule has 0 bridgehead atoms. The SMILES string of the molecule is Cc1cccc(Sc2nc3ccccc3cc2C=O)c1. The van der Waals surface area contributed by atoms with E-state index >= 15 is 0 Å². The highest BCUT2D eigenvalue weighted by Crippen LogP contribution is 2.30. The van der Waals surface area contributed by atoms with Crippen LogP contribution in [0.5, 0.6) is 0 Å². The number of aryl methyl sites for hydroxylation is 1. The lowest BCUT2D eigenvalue weighted by Crippen LogP contribution is -1.91. The standard InChI is InChI=1S/C17H13NOS/c1-12-5-4-7-15(9-12)20-17-14(11-19)10-13-6-2-3-8-16(13)18-17/h2-11H,1H3. The first kappa shape index (κ1) is 12.9. The van der Waals surface area contributed by atoms with E-state index in [1.807, 2.05) is 42.5 Å². The summed E-state index contributed by atoms with van der Waals surface area (Å²) in [6.07, 6.45) is 0.873. The lowest BCUT2D eigenvalue weighted by atomic mass is 10.2. The van der Waals surface area contributed by atoms with Crippen LogP contribution in [0.15, 0.2) is 64.5 Å². The van der Waals surface area contributed by atoms with Crippen LogP contribution in [0.25, 0.3) is 10.9 Å². The van der Waals surface area contributed by atoms with Crippen molar-refractivity contribution in [1.82, 2.24) is 4.98 Å². The number of hydrogen-bond donors (Lipinski definition) is 0. The van der Waals surface area contributed by atoms with E-state index in [1.165, 1.54) is 17.3 Å². The zero-order chi connectivity index (χ0) is 13.9. The van der Waals surface area contributed by atoms with E-state index in [-0.39, 0.29) is 0 Å². The fourth-order valence-corrected chi connectivity index (χ4v) is 3.05. The van der Waals surface area contributed by atoms with Crippen LogP contribution < -0.4 is 0 Å². The Morgan fingerprint density at radius 2 is 1.90 bits per heavy atom. The normalized spacial score (nSPS) is 10.7. The Morgan fingerprint density at radius 1 is 1.05 bits per heavy atom. The molecular formula is C17H13NOS. The maximum absolute atomic E-state index is 11.3. The fraction of sp³-hybridized carbons (Fsp3) is 0.0588. The van der Waals surface area contributed by atoms with Gasteiger partial charge in [-0.15, -0.1) is 0 Å². The van der Waals surface area contributed by atoms with Gasteiger partial charge >= 0.3 is 0 Å². The molecule has 20 heavy (non-hydrogen) atoms. The van der Waals surface area contributed by atoms with Crippen LogP contribution in [0, 0.1) is 6.92 Å². The molecule has 0 fully saturated rings. The average Bonchev–Trinajstić information content (AvgIpc) is 2.46. The van der Waals surface area contributed by atoms with Gasteiger partial charge in [-0.3, -0.25) is 4.79 Å². The first-order valence-corrected chi connectivity index (χ1v) is 7.17. The highest BCUT2D eigenvalue weighted by molar-refractivity contribution is 7.99. The molecule has 2 aromatic carbocycles. The predicted molar refractivity (Wildman–Crippen MR) is 82.4 cm³/mol. The van der Waals surface area contributed by atoms with Gasteiger partial charge < -0.3 is 0 Å². The van der Waals surface area contributed by atoms with Crippen molar-refractivity contribution in [1.29, 1.82) is 0 Å². The van der Waals surface area contributed by atoms with Crippen LogP contribution >= 0.6 is 11.8 Å². The number of aromatic nitrogens is 1. The van der Waals surface area contributed by atoms with E-state index in [2.05, 4.69) is 24.0 Å². The third-order valence-electron chi connectivity index (χ3n) is 3.05. The topological polar surface area (TPSA) is 30.0 Å². The Bertz CT molecular complexity index is 783. The molecule has 98 valence electrons. The van der Waals surface area contributed by atoms with Gasteiger partial charge in [-0.25, -0.2) is 4.98 Å². The molecule has 0 amide bonds. The first-order valence-electron chi connectivity index (χ1n) is 6.36. The highest BCUT2D eigenvalue weighted by atomic mass is 32.2. The zero-order valence-electron chi connectivity index (χ0n) is 11.0. The molecule has 0 unspecified atom stereocenters. The maximum atomic E-state index is 11.3. The molecule has 1 heterocycles. The highest BCUT2D eigenvalue weighted by Gasteiger charge is 2.08. The van der Waals surface area contributed by atoms with Crippen LogP contribution in [0.2, 0.25) is 0 Å². The lowest BCUT2D eigenvalue weighted by Gasteiger charge is -2.06. The molecule has 0 saturated carbocycles. The second-order valence-corrected chi connectivity index (χ2v) is 5.67. The number of carbonyl (C=O) groups excluding carboxylic acids is 1. The summed E-state index contributed by atoms with van der Waals surface area (Å²) in [4.78, 5) is 17.0. The predicted octanol–water partition coefficient (Wildman–Crippen LogP) is 4.51. The summed E-state index contributed by atoms with van der Waals surface area (Å²) < 4.78 is 0. The van der Waals surface area contributed by atoms with E-state index in [0.717, 1.165) is 27.1 Å². The maximum Gasteiger partial charge on any atom is 0.152 e. The average molecular weight is 279 g/mol. The molecule has 0 atom stereocenters. The van der Waals surface area contributed by atoms with Gasteiger partial charge in [0.1, 0.15) is 5.03 Å². The largest absolute Gasteiger partial charge is 0.298 e. The van der Waals surface area contributed by atoms with Crippen molar-refractivity contribution in [3.63, 3.8) is 0 Å². The number of hydrogen-bond acceptors (Lipinski definition) is 3. The summed E-state index contributed by atoms with van der Waals surface area (Å²) in [5.74, 6) is 0. The molecule has 0 radical (unpaired) electrons. The molecule has 0 N–H and O–H groups in total. The number of nitrogens with zero attached hydrogens (tertiary/aromatic N) is 1. The number of fused-ring (bicyclic) bond motifs is 1. The number of para-hydroxylation sites is 1. The molecule has 0 spiro atoms. The Hall–Kier alpha value is -2.13. The van der Waals surface area contributed by atoms with Crippen LogP contribution in [0.4, 0.5) is 0 Å². The van der Waals surface area contributed by atoms with Gasteiger partial charge in [0.05, 0.1) is 5.52 Å². The molecule has 1 aromatic heterocycles. The zero-order valence-corrected chi connectivity index (χ0v) is 11.9. The summed E-state index contributed by atoms with van der Waals surface area (Å²) in [6, 6.07) is 17.9. The van der Waals surface area contributed by atoms with Crippen molar-refractivity contribution in [3.8, 4) is 0 Å². The first-order chi connectivity index (χ1) is 9.76. The summed E-state index contributed by atoms with van der Waals surface area (Å²) in [6.45, 7) is 2.05. The van der Waals surface area contributed by atoms with Crippen molar-refractivity contribution < 1.29 is 4.79 Å². The van der Waals surface area contributed by atoms with Crippen molar-refractivity contribution in [2.24, 2.45) is 0 Å². The molecule has 0 aliphatic heterocycles. The number of aldehydes is 1. The summed E-state index contributed by atoms with van der Waals surface area (Å²) >= 11 is 1.53. The van der Waals surface area contributed by atoms with Gasteiger partial charge in [-0.2, -0.15) is 0 Å². The summed E-state index contributed by atoms with van der Waals surface area (Å²) in [5.41, 5.74) is 2.74. The smallest absolute Gasteiger partial charge is 0.152 e. The lowest BCUT2D eigenvalue weighted by molar-refractivity contribution is 0.112. The van der Waals surface area contributed by atoms with E-state index in [0.29, 0.717) is 5.56 Å². The van der Waals surface area contributed by atoms with Gasteiger partial charge in [-0.1, -0.05) is 47.7 Å². The van der Waals surface area contributed by atoms with Gasteiger partial charge in [0.2, 0.25) is 0 Å². The molecule has 3 rings (SSSR count). The molecule has 3 heteroatoms. The van der Waals surface area contributed by atoms with Gasteiger partial charge in [0, 0.05) is 15.8 Å². The Balaban J connectivity index is 2.07. The minimum Gasteiger partial charge on any atom is -0.298 e. The summed E-state index contributed by atoms with van der Waals surface area (Å²) in [5, 5.41) is 1.74. The number of rotatable bonds is 3. The van der Waals surface area contributed by atoms with Gasteiger partial charge in [0.25, 0.3) is 0 Å². The van der Waals surface area contributed by atoms with Crippen LogP contribution in [0.3, 0.4) is 0 Å². The number of benzene rings is 2. The van der Waals surface area contributed by atoms with Crippen molar-refractivity contribution in [3.05, 3.63) is 65.7 Å². The minimum absolute atomic E-state index is 0.634. The quantitative estimate of drug-likeness (QED) is 0.661. The Kier molecular flexibility index (Phi) is 3.52. The van der Waals surface area contributed by atoms with E-state index < -0.39 is 0 Å². The molecule has 0 saturated heterocycles. The number of carbonyl (C=O) groups is 1. The molecule has 0 aliphatic carbocycles. The van der Waals surface area contributed by atoms with Crippen LogP contribution in [-0.4, -0.2) is 11.3 Å². The van der Waals surface area contributed by atoms with Crippen molar-refractivity contribution in [2.75, 3.05) is 0 Å². The molecule has 2 nitrogen and oxygen atoms in total. The van der Waals surface area contributed by atoms with Gasteiger partial charge in [0.15, 0.2) is 6.29 Å². The van der Waals surface area contributed by atoms with Crippen LogP contribution in [0.1, 0.15) is 15.9 Å². The minimum atomic E-state index is 0.634. The fourth-order valence-electron chi connectivity index (χ4n) is 2.07. The number of pyridine rings is 1. The van der Waals surface area contributed by atoms with Crippen molar-refractivity contribution >= 4 is 29.0 Å². The second kappa shape index (κ2) is 5.47. The summed E-state index contributed by atoms with van der Waals surface area (Å²) in [7, 11) is 0. The Morgan fingerprint density at radius 3 is 2.70 bits per heavy atom. The second-order valence-electron chi connectivity index (χ2n) is 4.61. The third kappa shape index (κ3) is 2.58. The molecule has 0 aliphatic rings. The van der Waals surface area contributed by atoms with Crippen molar-refractivity contribution in [2.45, 2.75) is 16.8 Å². The van der Waals surface area contributed by atoms with E-state index in [1.54, 1.807) is 0 Å².